The molecule has 2 aromatic heterocycles. The van der Waals surface area contributed by atoms with Crippen molar-refractivity contribution in [1.82, 2.24) is 14.5 Å². The predicted molar refractivity (Wildman–Crippen MR) is 95.7 cm³/mol. The van der Waals surface area contributed by atoms with Crippen molar-refractivity contribution < 1.29 is 22.6 Å². The van der Waals surface area contributed by atoms with Crippen molar-refractivity contribution in [3.63, 3.8) is 0 Å². The number of benzene rings is 1. The highest BCUT2D eigenvalue weighted by Gasteiger charge is 2.35. The van der Waals surface area contributed by atoms with E-state index in [4.69, 9.17) is 21.7 Å². The van der Waals surface area contributed by atoms with E-state index in [9.17, 15) is 18.0 Å². The fourth-order valence-corrected chi connectivity index (χ4v) is 2.89. The van der Waals surface area contributed by atoms with Crippen LogP contribution in [-0.2, 0) is 13.2 Å². The first-order valence-electron chi connectivity index (χ1n) is 7.61. The Morgan fingerprint density at radius 1 is 1.19 bits per heavy atom. The van der Waals surface area contributed by atoms with E-state index in [1.807, 2.05) is 0 Å². The molecule has 0 aliphatic rings. The standard InChI is InChI=1S/C17H14F3N3O3S/c1-23-14-13(15(24)22-16(23)27)10(17(18,19)20)7-11(21-14)9-6-8(25-2)4-5-12(9)26-3/h4-7H,1-3H3,(H,22,24,27). The summed E-state index contributed by atoms with van der Waals surface area (Å²) in [6.45, 7) is 0. The monoisotopic (exact) mass is 397 g/mol. The lowest BCUT2D eigenvalue weighted by molar-refractivity contribution is -0.136. The molecule has 0 saturated carbocycles. The lowest BCUT2D eigenvalue weighted by Gasteiger charge is -2.15. The number of aromatic nitrogens is 3. The Hall–Kier alpha value is -2.88. The topological polar surface area (TPSA) is 69.1 Å². The fraction of sp³-hybridized carbons (Fsp3) is 0.235. The second-order valence-corrected chi connectivity index (χ2v) is 6.02. The van der Waals surface area contributed by atoms with Crippen LogP contribution in [0, 0.1) is 4.77 Å². The van der Waals surface area contributed by atoms with Crippen LogP contribution in [0.2, 0.25) is 0 Å². The molecule has 27 heavy (non-hydrogen) atoms. The molecule has 0 bridgehead atoms. The lowest BCUT2D eigenvalue weighted by Crippen LogP contribution is -2.19. The number of aryl methyl sites for hydroxylation is 1. The molecule has 3 rings (SSSR count). The van der Waals surface area contributed by atoms with Crippen LogP contribution in [-0.4, -0.2) is 28.8 Å². The van der Waals surface area contributed by atoms with Crippen LogP contribution in [0.15, 0.2) is 29.1 Å². The van der Waals surface area contributed by atoms with Crippen LogP contribution in [0.5, 0.6) is 11.5 Å². The number of hydrogen-bond acceptors (Lipinski definition) is 5. The van der Waals surface area contributed by atoms with E-state index in [-0.39, 0.29) is 21.7 Å². The van der Waals surface area contributed by atoms with Crippen LogP contribution >= 0.6 is 12.2 Å². The molecule has 0 atom stereocenters. The van der Waals surface area contributed by atoms with E-state index in [0.29, 0.717) is 11.5 Å². The minimum absolute atomic E-state index is 0.0267. The maximum absolute atomic E-state index is 13.7. The molecule has 2 heterocycles. The molecule has 10 heteroatoms. The number of aromatic amines is 1. The third-order valence-corrected chi connectivity index (χ3v) is 4.43. The minimum Gasteiger partial charge on any atom is -0.497 e. The zero-order chi connectivity index (χ0) is 19.9. The number of rotatable bonds is 3. The third-order valence-electron chi connectivity index (χ3n) is 4.06. The summed E-state index contributed by atoms with van der Waals surface area (Å²) in [5, 5.41) is -0.579. The first kappa shape index (κ1) is 18.9. The van der Waals surface area contributed by atoms with E-state index >= 15 is 0 Å². The molecule has 0 amide bonds. The minimum atomic E-state index is -4.77. The van der Waals surface area contributed by atoms with Gasteiger partial charge in [-0.05, 0) is 36.5 Å². The molecular weight excluding hydrogens is 383 g/mol. The molecule has 0 aliphatic heterocycles. The Morgan fingerprint density at radius 2 is 1.89 bits per heavy atom. The maximum atomic E-state index is 13.7. The summed E-state index contributed by atoms with van der Waals surface area (Å²) < 4.78 is 52.6. The van der Waals surface area contributed by atoms with Crippen molar-refractivity contribution >= 4 is 23.3 Å². The molecule has 1 N–H and O–H groups in total. The first-order valence-corrected chi connectivity index (χ1v) is 8.02. The lowest BCUT2D eigenvalue weighted by atomic mass is 10.0. The summed E-state index contributed by atoms with van der Waals surface area (Å²) in [4.78, 5) is 18.7. The SMILES string of the molecule is COc1ccc(OC)c(-c2cc(C(F)(F)F)c3c(=O)[nH]c(=S)n(C)c3n2)c1. The Balaban J connectivity index is 2.49. The van der Waals surface area contributed by atoms with Crippen molar-refractivity contribution in [1.29, 1.82) is 0 Å². The zero-order valence-electron chi connectivity index (χ0n) is 14.5. The van der Waals surface area contributed by atoms with Gasteiger partial charge in [0.15, 0.2) is 4.77 Å². The molecule has 0 saturated heterocycles. The summed E-state index contributed by atoms with van der Waals surface area (Å²) in [6, 6.07) is 5.50. The van der Waals surface area contributed by atoms with Crippen molar-refractivity contribution in [3.05, 3.63) is 45.0 Å². The van der Waals surface area contributed by atoms with Gasteiger partial charge in [-0.2, -0.15) is 13.2 Å². The van der Waals surface area contributed by atoms with Gasteiger partial charge in [0, 0.05) is 12.6 Å². The Morgan fingerprint density at radius 3 is 2.48 bits per heavy atom. The summed E-state index contributed by atoms with van der Waals surface area (Å²) in [5.74, 6) is 0.724. The van der Waals surface area contributed by atoms with Gasteiger partial charge in [0.25, 0.3) is 5.56 Å². The smallest absolute Gasteiger partial charge is 0.417 e. The molecule has 0 unspecified atom stereocenters. The number of hydrogen-bond donors (Lipinski definition) is 1. The van der Waals surface area contributed by atoms with E-state index in [1.54, 1.807) is 12.1 Å². The molecule has 0 spiro atoms. The zero-order valence-corrected chi connectivity index (χ0v) is 15.3. The summed E-state index contributed by atoms with van der Waals surface area (Å²) in [7, 11) is 4.26. The average molecular weight is 397 g/mol. The summed E-state index contributed by atoms with van der Waals surface area (Å²) in [5.41, 5.74) is -1.98. The van der Waals surface area contributed by atoms with Crippen LogP contribution in [0.3, 0.4) is 0 Å². The molecular formula is C17H14F3N3O3S. The molecule has 0 aliphatic carbocycles. The fourth-order valence-electron chi connectivity index (χ4n) is 2.71. The van der Waals surface area contributed by atoms with Gasteiger partial charge in [-0.3, -0.25) is 9.78 Å². The quantitative estimate of drug-likeness (QED) is 0.683. The Kier molecular flexibility index (Phi) is 4.68. The molecule has 3 aromatic rings. The molecule has 1 aromatic carbocycles. The van der Waals surface area contributed by atoms with Gasteiger partial charge in [-0.1, -0.05) is 0 Å². The van der Waals surface area contributed by atoms with Gasteiger partial charge < -0.3 is 14.0 Å². The van der Waals surface area contributed by atoms with Crippen LogP contribution in [0.4, 0.5) is 13.2 Å². The largest absolute Gasteiger partial charge is 0.497 e. The van der Waals surface area contributed by atoms with Crippen molar-refractivity contribution in [2.75, 3.05) is 14.2 Å². The van der Waals surface area contributed by atoms with E-state index in [1.165, 1.54) is 31.9 Å². The van der Waals surface area contributed by atoms with Gasteiger partial charge in [0.2, 0.25) is 0 Å². The highest BCUT2D eigenvalue weighted by molar-refractivity contribution is 7.71. The molecule has 6 nitrogen and oxygen atoms in total. The van der Waals surface area contributed by atoms with Crippen LogP contribution in [0.25, 0.3) is 22.3 Å². The third kappa shape index (κ3) is 3.27. The first-order chi connectivity index (χ1) is 12.7. The molecule has 0 fully saturated rings. The van der Waals surface area contributed by atoms with Crippen LogP contribution < -0.4 is 15.0 Å². The predicted octanol–water partition coefficient (Wildman–Crippen LogP) is 3.69. The summed E-state index contributed by atoms with van der Waals surface area (Å²) in [6.07, 6.45) is -4.77. The number of ether oxygens (including phenoxy) is 2. The highest BCUT2D eigenvalue weighted by Crippen LogP contribution is 2.38. The second kappa shape index (κ2) is 6.69. The van der Waals surface area contributed by atoms with Gasteiger partial charge in [-0.25, -0.2) is 4.98 Å². The number of alkyl halides is 3. The van der Waals surface area contributed by atoms with Crippen molar-refractivity contribution in [2.24, 2.45) is 7.05 Å². The average Bonchev–Trinajstić information content (AvgIpc) is 2.63. The van der Waals surface area contributed by atoms with E-state index < -0.39 is 22.7 Å². The van der Waals surface area contributed by atoms with Gasteiger partial charge in [0.1, 0.15) is 17.1 Å². The van der Waals surface area contributed by atoms with Crippen molar-refractivity contribution in [3.8, 4) is 22.8 Å². The van der Waals surface area contributed by atoms with E-state index in [2.05, 4.69) is 9.97 Å². The number of methoxy groups -OCH3 is 2. The number of nitrogens with one attached hydrogen (secondary N) is 1. The Bertz CT molecular complexity index is 1150. The number of fused-ring (bicyclic) bond motifs is 1. The second-order valence-electron chi connectivity index (χ2n) is 5.64. The molecule has 142 valence electrons. The Labute approximate surface area is 156 Å². The number of pyridine rings is 1. The number of nitrogens with zero attached hydrogens (tertiary/aromatic N) is 2. The normalized spacial score (nSPS) is 11.6. The highest BCUT2D eigenvalue weighted by atomic mass is 32.1. The number of H-pyrrole nitrogens is 1. The van der Waals surface area contributed by atoms with Gasteiger partial charge in [-0.15, -0.1) is 0 Å². The number of halogens is 3. The maximum Gasteiger partial charge on any atom is 0.417 e. The summed E-state index contributed by atoms with van der Waals surface area (Å²) >= 11 is 4.99. The van der Waals surface area contributed by atoms with Gasteiger partial charge >= 0.3 is 6.18 Å². The molecule has 0 radical (unpaired) electrons. The van der Waals surface area contributed by atoms with Crippen LogP contribution in [0.1, 0.15) is 5.56 Å². The van der Waals surface area contributed by atoms with Crippen molar-refractivity contribution in [2.45, 2.75) is 6.18 Å². The van der Waals surface area contributed by atoms with E-state index in [0.717, 1.165) is 6.07 Å². The van der Waals surface area contributed by atoms with Gasteiger partial charge in [0.05, 0.1) is 30.9 Å².